The molecular weight excluding hydrogens is 310 g/mol. The second-order valence-corrected chi connectivity index (χ2v) is 5.26. The minimum atomic E-state index is -4.69. The first-order valence-corrected chi connectivity index (χ1v) is 6.61. The van der Waals surface area contributed by atoms with Crippen LogP contribution < -0.4 is 5.73 Å². The minimum absolute atomic E-state index is 0. The molecule has 2 rings (SSSR count). The highest BCUT2D eigenvalue weighted by Gasteiger charge is 2.39. The van der Waals surface area contributed by atoms with E-state index in [1.807, 2.05) is 0 Å². The average molecular weight is 328 g/mol. The molecule has 7 heteroatoms. The second kappa shape index (κ2) is 6.94. The van der Waals surface area contributed by atoms with Crippen LogP contribution in [0.4, 0.5) is 17.6 Å². The van der Waals surface area contributed by atoms with Crippen molar-refractivity contribution in [1.29, 1.82) is 0 Å². The summed E-state index contributed by atoms with van der Waals surface area (Å²) in [5, 5.41) is 10.1. The lowest BCUT2D eigenvalue weighted by atomic mass is 9.88. The van der Waals surface area contributed by atoms with Gasteiger partial charge in [0.2, 0.25) is 0 Å². The molecule has 0 amide bonds. The van der Waals surface area contributed by atoms with Crippen molar-refractivity contribution in [1.82, 2.24) is 0 Å². The smallest absolute Gasteiger partial charge is 0.391 e. The van der Waals surface area contributed by atoms with Crippen LogP contribution in [0.5, 0.6) is 0 Å². The summed E-state index contributed by atoms with van der Waals surface area (Å²) in [6.45, 7) is 0. The number of aliphatic hydroxyl groups is 1. The van der Waals surface area contributed by atoms with E-state index in [0.29, 0.717) is 12.8 Å². The Morgan fingerprint density at radius 2 is 1.76 bits per heavy atom. The minimum Gasteiger partial charge on any atom is -0.391 e. The summed E-state index contributed by atoms with van der Waals surface area (Å²) < 4.78 is 52.6. The fraction of sp³-hybridized carbons (Fsp3) is 0.571. The highest BCUT2D eigenvalue weighted by atomic mass is 35.5. The molecule has 0 unspecified atom stereocenters. The fourth-order valence-electron chi connectivity index (χ4n) is 2.89. The number of hydrogen-bond acceptors (Lipinski definition) is 2. The molecule has 2 atom stereocenters. The molecule has 120 valence electrons. The normalized spacial score (nSPS) is 19.1. The highest BCUT2D eigenvalue weighted by molar-refractivity contribution is 5.85. The predicted octanol–water partition coefficient (Wildman–Crippen LogP) is 3.82. The van der Waals surface area contributed by atoms with Crippen molar-refractivity contribution < 1.29 is 22.7 Å². The van der Waals surface area contributed by atoms with Crippen LogP contribution in [-0.2, 0) is 6.18 Å². The van der Waals surface area contributed by atoms with Gasteiger partial charge in [0, 0.05) is 5.56 Å². The first-order valence-electron chi connectivity index (χ1n) is 6.61. The van der Waals surface area contributed by atoms with E-state index >= 15 is 0 Å². The van der Waals surface area contributed by atoms with Crippen molar-refractivity contribution in [3.8, 4) is 0 Å². The Hall–Kier alpha value is -0.850. The van der Waals surface area contributed by atoms with E-state index in [0.717, 1.165) is 31.0 Å². The number of halogens is 5. The van der Waals surface area contributed by atoms with Crippen LogP contribution in [0.15, 0.2) is 18.2 Å². The number of nitrogens with two attached hydrogens (primary N) is 1. The number of rotatable bonds is 3. The maximum absolute atomic E-state index is 13.8. The molecule has 1 fully saturated rings. The van der Waals surface area contributed by atoms with Crippen molar-refractivity contribution >= 4 is 12.4 Å². The van der Waals surface area contributed by atoms with Gasteiger partial charge in [0.15, 0.2) is 0 Å². The van der Waals surface area contributed by atoms with Gasteiger partial charge in [0.1, 0.15) is 5.82 Å². The summed E-state index contributed by atoms with van der Waals surface area (Å²) in [4.78, 5) is 0. The molecule has 1 aliphatic carbocycles. The van der Waals surface area contributed by atoms with Gasteiger partial charge in [-0.2, -0.15) is 13.2 Å². The van der Waals surface area contributed by atoms with E-state index in [4.69, 9.17) is 5.73 Å². The summed E-state index contributed by atoms with van der Waals surface area (Å²) in [6, 6.07) is 1.36. The summed E-state index contributed by atoms with van der Waals surface area (Å²) >= 11 is 0. The van der Waals surface area contributed by atoms with Crippen LogP contribution in [0.3, 0.4) is 0 Å². The van der Waals surface area contributed by atoms with Gasteiger partial charge in [-0.15, -0.1) is 12.4 Å². The maximum atomic E-state index is 13.8. The van der Waals surface area contributed by atoms with Gasteiger partial charge in [0.05, 0.1) is 17.7 Å². The van der Waals surface area contributed by atoms with Crippen LogP contribution in [0.1, 0.15) is 42.9 Å². The molecule has 21 heavy (non-hydrogen) atoms. The zero-order valence-corrected chi connectivity index (χ0v) is 12.1. The largest absolute Gasteiger partial charge is 0.416 e. The third kappa shape index (κ3) is 3.87. The van der Waals surface area contributed by atoms with Gasteiger partial charge in [-0.05, 0) is 30.9 Å². The number of benzene rings is 1. The number of aliphatic hydroxyl groups excluding tert-OH is 1. The lowest BCUT2D eigenvalue weighted by Gasteiger charge is -2.27. The molecule has 0 bridgehead atoms. The summed E-state index contributed by atoms with van der Waals surface area (Å²) in [5.74, 6) is -1.19. The van der Waals surface area contributed by atoms with Crippen molar-refractivity contribution in [2.75, 3.05) is 0 Å². The van der Waals surface area contributed by atoms with E-state index in [2.05, 4.69) is 0 Å². The second-order valence-electron chi connectivity index (χ2n) is 5.26. The number of hydrogen-bond donors (Lipinski definition) is 2. The Bertz CT molecular complexity index is 475. The molecule has 0 aliphatic heterocycles. The van der Waals surface area contributed by atoms with Crippen LogP contribution in [0.25, 0.3) is 0 Å². The van der Waals surface area contributed by atoms with Crippen LogP contribution in [-0.4, -0.2) is 11.2 Å². The standard InChI is InChI=1S/C14H17F4NO.ClH/c15-10-7-3-6-9(14(16,17)18)11(10)12(19)13(20)8-4-1-2-5-8;/h3,6-8,12-13,20H,1-2,4-5,19H2;1H/t12-,13+;/m0./s1. The van der Waals surface area contributed by atoms with Crippen molar-refractivity contribution in [2.24, 2.45) is 11.7 Å². The Morgan fingerprint density at radius 1 is 1.19 bits per heavy atom. The van der Waals surface area contributed by atoms with Gasteiger partial charge in [-0.25, -0.2) is 4.39 Å². The predicted molar refractivity (Wildman–Crippen MR) is 73.5 cm³/mol. The molecule has 3 N–H and O–H groups in total. The molecule has 0 radical (unpaired) electrons. The van der Waals surface area contributed by atoms with Crippen molar-refractivity contribution in [3.63, 3.8) is 0 Å². The first kappa shape index (κ1) is 18.2. The third-order valence-corrected chi connectivity index (χ3v) is 3.94. The molecule has 1 aromatic rings. The van der Waals surface area contributed by atoms with Crippen LogP contribution >= 0.6 is 12.4 Å². The van der Waals surface area contributed by atoms with Gasteiger partial charge in [-0.1, -0.05) is 18.9 Å². The SMILES string of the molecule is Cl.N[C@@H](c1c(F)cccc1C(F)(F)F)[C@H](O)C1CCCC1. The topological polar surface area (TPSA) is 46.2 Å². The summed E-state index contributed by atoms with van der Waals surface area (Å²) in [7, 11) is 0. The lowest BCUT2D eigenvalue weighted by Crippen LogP contribution is -2.34. The Labute approximate surface area is 126 Å². The Kier molecular flexibility index (Phi) is 6.01. The molecule has 2 nitrogen and oxygen atoms in total. The molecule has 0 heterocycles. The quantitative estimate of drug-likeness (QED) is 0.829. The fourth-order valence-corrected chi connectivity index (χ4v) is 2.89. The zero-order valence-electron chi connectivity index (χ0n) is 11.2. The zero-order chi connectivity index (χ0) is 14.9. The molecule has 0 spiro atoms. The van der Waals surface area contributed by atoms with Gasteiger partial charge in [-0.3, -0.25) is 0 Å². The van der Waals surface area contributed by atoms with Crippen LogP contribution in [0, 0.1) is 11.7 Å². The van der Waals surface area contributed by atoms with E-state index in [1.54, 1.807) is 0 Å². The van der Waals surface area contributed by atoms with Gasteiger partial charge < -0.3 is 10.8 Å². The van der Waals surface area contributed by atoms with Crippen molar-refractivity contribution in [2.45, 2.75) is 44.0 Å². The Morgan fingerprint density at radius 3 is 2.29 bits per heavy atom. The third-order valence-electron chi connectivity index (χ3n) is 3.94. The Balaban J connectivity index is 0.00000220. The molecule has 0 saturated heterocycles. The monoisotopic (exact) mass is 327 g/mol. The summed E-state index contributed by atoms with van der Waals surface area (Å²) in [6.07, 6.45) is -2.59. The maximum Gasteiger partial charge on any atom is 0.416 e. The molecule has 0 aromatic heterocycles. The molecular formula is C14H18ClF4NO. The van der Waals surface area contributed by atoms with E-state index in [9.17, 15) is 22.7 Å². The average Bonchev–Trinajstić information content (AvgIpc) is 2.89. The van der Waals surface area contributed by atoms with E-state index in [-0.39, 0.29) is 18.3 Å². The molecule has 1 aliphatic rings. The van der Waals surface area contributed by atoms with E-state index < -0.39 is 35.3 Å². The first-order chi connectivity index (χ1) is 9.32. The van der Waals surface area contributed by atoms with Crippen LogP contribution in [0.2, 0.25) is 0 Å². The lowest BCUT2D eigenvalue weighted by molar-refractivity contribution is -0.139. The van der Waals surface area contributed by atoms with Gasteiger partial charge >= 0.3 is 6.18 Å². The molecule has 1 aromatic carbocycles. The molecule has 1 saturated carbocycles. The highest BCUT2D eigenvalue weighted by Crippen LogP contribution is 2.39. The summed E-state index contributed by atoms with van der Waals surface area (Å²) in [5.41, 5.74) is 3.98. The van der Waals surface area contributed by atoms with E-state index in [1.165, 1.54) is 0 Å². The van der Waals surface area contributed by atoms with Gasteiger partial charge in [0.25, 0.3) is 0 Å². The van der Waals surface area contributed by atoms with Crippen molar-refractivity contribution in [3.05, 3.63) is 35.1 Å². The number of alkyl halides is 3.